The number of likely N-dealkylation sites (N-methyl/N-ethyl adjacent to an activating group) is 1. The SMILES string of the molecule is CCN(CC)C(C)(C)C(Cc1ccc(I)cc1)NN. The van der Waals surface area contributed by atoms with Crippen molar-refractivity contribution in [1.29, 1.82) is 0 Å². The summed E-state index contributed by atoms with van der Waals surface area (Å²) in [4.78, 5) is 2.45. The van der Waals surface area contributed by atoms with Gasteiger partial charge in [0.05, 0.1) is 0 Å². The third-order valence-corrected chi connectivity index (χ3v) is 4.70. The van der Waals surface area contributed by atoms with Gasteiger partial charge >= 0.3 is 0 Å². The van der Waals surface area contributed by atoms with Crippen LogP contribution in [-0.2, 0) is 6.42 Å². The predicted molar refractivity (Wildman–Crippen MR) is 91.0 cm³/mol. The smallest absolute Gasteiger partial charge is 0.0429 e. The predicted octanol–water partition coefficient (Wildman–Crippen LogP) is 2.79. The van der Waals surface area contributed by atoms with Crippen LogP contribution in [0.5, 0.6) is 0 Å². The molecule has 0 saturated carbocycles. The summed E-state index contributed by atoms with van der Waals surface area (Å²) in [6.07, 6.45) is 0.941. The van der Waals surface area contributed by atoms with Gasteiger partial charge in [-0.1, -0.05) is 26.0 Å². The summed E-state index contributed by atoms with van der Waals surface area (Å²) in [6, 6.07) is 8.89. The Morgan fingerprint density at radius 3 is 2.16 bits per heavy atom. The molecule has 0 spiro atoms. The van der Waals surface area contributed by atoms with Gasteiger partial charge in [-0.25, -0.2) is 0 Å². The molecule has 0 fully saturated rings. The summed E-state index contributed by atoms with van der Waals surface area (Å²) >= 11 is 2.33. The number of nitrogens with one attached hydrogen (secondary N) is 1. The molecule has 0 heterocycles. The second-order valence-electron chi connectivity index (χ2n) is 5.38. The largest absolute Gasteiger partial charge is 0.297 e. The number of nitrogens with two attached hydrogens (primary N) is 1. The Labute approximate surface area is 131 Å². The molecule has 0 aliphatic carbocycles. The molecule has 0 bridgehead atoms. The van der Waals surface area contributed by atoms with Crippen LogP contribution >= 0.6 is 22.6 Å². The van der Waals surface area contributed by atoms with E-state index in [1.165, 1.54) is 9.13 Å². The van der Waals surface area contributed by atoms with Gasteiger partial charge in [0.2, 0.25) is 0 Å². The van der Waals surface area contributed by atoms with Crippen LogP contribution in [0.25, 0.3) is 0 Å². The standard InChI is InChI=1S/C15H26IN3/c1-5-19(6-2)15(3,4)14(18-17)11-12-7-9-13(16)10-8-12/h7-10,14,18H,5-6,11,17H2,1-4H3. The molecule has 0 saturated heterocycles. The van der Waals surface area contributed by atoms with Crippen molar-refractivity contribution in [3.63, 3.8) is 0 Å². The molecule has 1 unspecified atom stereocenters. The van der Waals surface area contributed by atoms with Gasteiger partial charge in [0.15, 0.2) is 0 Å². The van der Waals surface area contributed by atoms with Crippen molar-refractivity contribution in [1.82, 2.24) is 10.3 Å². The first-order chi connectivity index (χ1) is 8.95. The van der Waals surface area contributed by atoms with Crippen molar-refractivity contribution < 1.29 is 0 Å². The number of halogens is 1. The Hall–Kier alpha value is -0.170. The molecular weight excluding hydrogens is 349 g/mol. The van der Waals surface area contributed by atoms with E-state index in [-0.39, 0.29) is 11.6 Å². The monoisotopic (exact) mass is 375 g/mol. The number of hydrazine groups is 1. The van der Waals surface area contributed by atoms with Crippen LogP contribution in [0.2, 0.25) is 0 Å². The molecule has 19 heavy (non-hydrogen) atoms. The number of rotatable bonds is 7. The average Bonchev–Trinajstić information content (AvgIpc) is 2.38. The van der Waals surface area contributed by atoms with E-state index in [0.717, 1.165) is 19.5 Å². The quantitative estimate of drug-likeness (QED) is 0.438. The summed E-state index contributed by atoms with van der Waals surface area (Å²) in [6.45, 7) is 11.0. The van der Waals surface area contributed by atoms with Crippen molar-refractivity contribution in [2.75, 3.05) is 13.1 Å². The fourth-order valence-corrected chi connectivity index (χ4v) is 2.99. The number of hydrogen-bond donors (Lipinski definition) is 2. The first-order valence-electron chi connectivity index (χ1n) is 6.91. The maximum absolute atomic E-state index is 5.81. The van der Waals surface area contributed by atoms with Crippen LogP contribution in [0, 0.1) is 3.57 Å². The second-order valence-corrected chi connectivity index (χ2v) is 6.62. The molecule has 108 valence electrons. The summed E-state index contributed by atoms with van der Waals surface area (Å²) in [5.74, 6) is 5.81. The van der Waals surface area contributed by atoms with Gasteiger partial charge in [-0.3, -0.25) is 16.2 Å². The minimum Gasteiger partial charge on any atom is -0.297 e. The van der Waals surface area contributed by atoms with Gasteiger partial charge in [0.1, 0.15) is 0 Å². The van der Waals surface area contributed by atoms with Gasteiger partial charge in [0, 0.05) is 15.2 Å². The minimum absolute atomic E-state index is 0.0290. The van der Waals surface area contributed by atoms with E-state index in [1.54, 1.807) is 0 Å². The first-order valence-corrected chi connectivity index (χ1v) is 7.99. The molecule has 4 heteroatoms. The van der Waals surface area contributed by atoms with Gasteiger partial charge in [-0.05, 0) is 73.6 Å². The van der Waals surface area contributed by atoms with Gasteiger partial charge < -0.3 is 0 Å². The first kappa shape index (κ1) is 16.9. The molecule has 1 atom stereocenters. The zero-order valence-electron chi connectivity index (χ0n) is 12.4. The highest BCUT2D eigenvalue weighted by Gasteiger charge is 2.33. The second kappa shape index (κ2) is 7.57. The lowest BCUT2D eigenvalue weighted by atomic mass is 9.88. The fourth-order valence-electron chi connectivity index (χ4n) is 2.63. The molecular formula is C15H26IN3. The zero-order chi connectivity index (χ0) is 14.5. The van der Waals surface area contributed by atoms with Crippen LogP contribution < -0.4 is 11.3 Å². The number of benzene rings is 1. The summed E-state index contributed by atoms with van der Waals surface area (Å²) in [5, 5.41) is 0. The highest BCUT2D eigenvalue weighted by molar-refractivity contribution is 14.1. The Bertz CT molecular complexity index is 371. The topological polar surface area (TPSA) is 41.3 Å². The third-order valence-electron chi connectivity index (χ3n) is 3.99. The van der Waals surface area contributed by atoms with Gasteiger partial charge in [0.25, 0.3) is 0 Å². The van der Waals surface area contributed by atoms with Crippen LogP contribution in [0.3, 0.4) is 0 Å². The fraction of sp³-hybridized carbons (Fsp3) is 0.600. The number of nitrogens with zero attached hydrogens (tertiary/aromatic N) is 1. The van der Waals surface area contributed by atoms with Crippen molar-refractivity contribution in [3.05, 3.63) is 33.4 Å². The molecule has 1 aromatic rings. The van der Waals surface area contributed by atoms with E-state index < -0.39 is 0 Å². The molecule has 1 rings (SSSR count). The van der Waals surface area contributed by atoms with Crippen molar-refractivity contribution in [2.24, 2.45) is 5.84 Å². The normalized spacial score (nSPS) is 13.8. The lowest BCUT2D eigenvalue weighted by molar-refractivity contribution is 0.0912. The Kier molecular flexibility index (Phi) is 6.73. The maximum Gasteiger partial charge on any atom is 0.0429 e. The van der Waals surface area contributed by atoms with Gasteiger partial charge in [-0.2, -0.15) is 0 Å². The average molecular weight is 375 g/mol. The van der Waals surface area contributed by atoms with E-state index in [4.69, 9.17) is 5.84 Å². The lowest BCUT2D eigenvalue weighted by Gasteiger charge is -2.43. The van der Waals surface area contributed by atoms with E-state index in [0.29, 0.717) is 0 Å². The highest BCUT2D eigenvalue weighted by atomic mass is 127. The lowest BCUT2D eigenvalue weighted by Crippen LogP contribution is -2.60. The van der Waals surface area contributed by atoms with E-state index in [1.807, 2.05) is 0 Å². The molecule has 0 aliphatic rings. The van der Waals surface area contributed by atoms with Crippen LogP contribution in [0.4, 0.5) is 0 Å². The molecule has 3 nitrogen and oxygen atoms in total. The Morgan fingerprint density at radius 2 is 1.74 bits per heavy atom. The Morgan fingerprint density at radius 1 is 1.21 bits per heavy atom. The van der Waals surface area contributed by atoms with E-state index in [2.05, 4.69) is 84.9 Å². The van der Waals surface area contributed by atoms with Crippen molar-refractivity contribution in [3.8, 4) is 0 Å². The molecule has 0 radical (unpaired) electrons. The van der Waals surface area contributed by atoms with Crippen LogP contribution in [0.1, 0.15) is 33.3 Å². The maximum atomic E-state index is 5.81. The number of hydrogen-bond acceptors (Lipinski definition) is 3. The molecule has 1 aromatic carbocycles. The third kappa shape index (κ3) is 4.41. The van der Waals surface area contributed by atoms with Crippen LogP contribution in [-0.4, -0.2) is 29.6 Å². The van der Waals surface area contributed by atoms with Gasteiger partial charge in [-0.15, -0.1) is 0 Å². The summed E-state index contributed by atoms with van der Waals surface area (Å²) in [5.41, 5.74) is 4.36. The van der Waals surface area contributed by atoms with Crippen LogP contribution in [0.15, 0.2) is 24.3 Å². The molecule has 3 N–H and O–H groups in total. The molecule has 0 aliphatic heterocycles. The van der Waals surface area contributed by atoms with Crippen molar-refractivity contribution >= 4 is 22.6 Å². The summed E-state index contributed by atoms with van der Waals surface area (Å²) < 4.78 is 1.27. The van der Waals surface area contributed by atoms with E-state index in [9.17, 15) is 0 Å². The highest BCUT2D eigenvalue weighted by Crippen LogP contribution is 2.22. The zero-order valence-corrected chi connectivity index (χ0v) is 14.6. The van der Waals surface area contributed by atoms with E-state index >= 15 is 0 Å². The minimum atomic E-state index is 0.0290. The Balaban J connectivity index is 2.84. The molecule has 0 amide bonds. The summed E-state index contributed by atoms with van der Waals surface area (Å²) in [7, 11) is 0. The molecule has 0 aromatic heterocycles. The van der Waals surface area contributed by atoms with Crippen molar-refractivity contribution in [2.45, 2.75) is 45.7 Å².